The summed E-state index contributed by atoms with van der Waals surface area (Å²) in [4.78, 5) is 24.1. The van der Waals surface area contributed by atoms with Crippen LogP contribution in [0.3, 0.4) is 0 Å². The zero-order chi connectivity index (χ0) is 22.3. The van der Waals surface area contributed by atoms with Crippen molar-refractivity contribution in [1.29, 1.82) is 0 Å². The van der Waals surface area contributed by atoms with Gasteiger partial charge in [-0.3, -0.25) is 9.48 Å². The minimum Gasteiger partial charge on any atom is -0.493 e. The van der Waals surface area contributed by atoms with E-state index in [0.717, 1.165) is 29.1 Å². The zero-order valence-electron chi connectivity index (χ0n) is 18.3. The van der Waals surface area contributed by atoms with E-state index >= 15 is 0 Å². The molecule has 2 aromatic heterocycles. The normalized spacial score (nSPS) is 15.3. The van der Waals surface area contributed by atoms with E-state index in [1.54, 1.807) is 0 Å². The lowest BCUT2D eigenvalue weighted by molar-refractivity contribution is 0.0693. The van der Waals surface area contributed by atoms with Gasteiger partial charge in [-0.1, -0.05) is 39.8 Å². The van der Waals surface area contributed by atoms with Crippen LogP contribution in [0.5, 0.6) is 5.75 Å². The largest absolute Gasteiger partial charge is 0.493 e. The third-order valence-electron chi connectivity index (χ3n) is 5.66. The van der Waals surface area contributed by atoms with Crippen molar-refractivity contribution < 1.29 is 14.6 Å². The number of hydrogen-bond donors (Lipinski definition) is 1. The van der Waals surface area contributed by atoms with E-state index in [1.165, 1.54) is 12.3 Å². The topological polar surface area (TPSA) is 86.3 Å². The van der Waals surface area contributed by atoms with Gasteiger partial charge < -0.3 is 14.4 Å². The van der Waals surface area contributed by atoms with Crippen LogP contribution in [0.25, 0.3) is 22.6 Å². The Hall–Kier alpha value is -3.35. The molecule has 1 aromatic carbocycles. The molecule has 1 N–H and O–H groups in total. The van der Waals surface area contributed by atoms with E-state index in [0.29, 0.717) is 18.8 Å². The molecule has 4 rings (SSSR count). The van der Waals surface area contributed by atoms with Crippen molar-refractivity contribution in [3.63, 3.8) is 0 Å². The van der Waals surface area contributed by atoms with Crippen LogP contribution in [0, 0.1) is 5.41 Å². The number of para-hydroxylation sites is 1. The highest BCUT2D eigenvalue weighted by Crippen LogP contribution is 2.41. The van der Waals surface area contributed by atoms with Crippen LogP contribution in [0.1, 0.15) is 50.5 Å². The first-order valence-electron chi connectivity index (χ1n) is 10.5. The van der Waals surface area contributed by atoms with Crippen molar-refractivity contribution >= 4 is 5.97 Å². The average molecular weight is 421 g/mol. The smallest absolute Gasteiger partial charge is 0.341 e. The van der Waals surface area contributed by atoms with E-state index in [9.17, 15) is 14.7 Å². The molecule has 0 aliphatic carbocycles. The Bertz CT molecular complexity index is 1200. The van der Waals surface area contributed by atoms with Crippen molar-refractivity contribution in [3.8, 4) is 28.4 Å². The number of ether oxygens (including phenoxy) is 1. The molecule has 1 atom stereocenters. The fourth-order valence-electron chi connectivity index (χ4n) is 4.03. The molecular formula is C24H27N3O4. The van der Waals surface area contributed by atoms with Gasteiger partial charge in [0.1, 0.15) is 11.3 Å². The maximum Gasteiger partial charge on any atom is 0.341 e. The number of benzene rings is 1. The van der Waals surface area contributed by atoms with Gasteiger partial charge in [-0.2, -0.15) is 5.10 Å². The van der Waals surface area contributed by atoms with Gasteiger partial charge in [-0.05, 0) is 30.0 Å². The Kier molecular flexibility index (Phi) is 5.21. The molecule has 3 heterocycles. The van der Waals surface area contributed by atoms with Crippen LogP contribution in [0.2, 0.25) is 0 Å². The van der Waals surface area contributed by atoms with Crippen LogP contribution in [-0.4, -0.2) is 32.0 Å². The summed E-state index contributed by atoms with van der Waals surface area (Å²) in [5.74, 6) is -0.444. The van der Waals surface area contributed by atoms with Gasteiger partial charge in [0.2, 0.25) is 0 Å². The maximum absolute atomic E-state index is 12.5. The molecule has 0 saturated carbocycles. The highest BCUT2D eigenvalue weighted by Gasteiger charge is 2.34. The van der Waals surface area contributed by atoms with Crippen LogP contribution in [-0.2, 0) is 6.54 Å². The molecule has 7 nitrogen and oxygen atoms in total. The number of carbonyl (C=O) groups is 1. The molecule has 1 aliphatic heterocycles. The number of aromatic nitrogens is 3. The summed E-state index contributed by atoms with van der Waals surface area (Å²) in [7, 11) is 0. The molecule has 0 radical (unpaired) electrons. The van der Waals surface area contributed by atoms with Gasteiger partial charge >= 0.3 is 5.97 Å². The molecule has 0 fully saturated rings. The van der Waals surface area contributed by atoms with Crippen molar-refractivity contribution in [2.45, 2.75) is 46.7 Å². The Morgan fingerprint density at radius 1 is 1.23 bits per heavy atom. The average Bonchev–Trinajstić information content (AvgIpc) is 3.15. The number of nitrogens with zero attached hydrogens (tertiary/aromatic N) is 3. The van der Waals surface area contributed by atoms with Crippen LogP contribution < -0.4 is 10.2 Å². The Morgan fingerprint density at radius 3 is 2.65 bits per heavy atom. The molecule has 0 spiro atoms. The summed E-state index contributed by atoms with van der Waals surface area (Å²) in [5.41, 5.74) is 2.21. The van der Waals surface area contributed by atoms with Crippen LogP contribution in [0.15, 0.2) is 47.4 Å². The van der Waals surface area contributed by atoms with Gasteiger partial charge in [0.25, 0.3) is 0 Å². The predicted octanol–water partition coefficient (Wildman–Crippen LogP) is 4.47. The molecule has 3 aromatic rings. The zero-order valence-corrected chi connectivity index (χ0v) is 18.3. The Morgan fingerprint density at radius 2 is 1.97 bits per heavy atom. The molecule has 162 valence electrons. The monoisotopic (exact) mass is 421 g/mol. The van der Waals surface area contributed by atoms with E-state index in [2.05, 4.69) is 27.7 Å². The molecule has 0 amide bonds. The third-order valence-corrected chi connectivity index (χ3v) is 5.66. The van der Waals surface area contributed by atoms with Gasteiger partial charge in [0, 0.05) is 17.8 Å². The van der Waals surface area contributed by atoms with Crippen LogP contribution >= 0.6 is 0 Å². The Balaban J connectivity index is 1.89. The van der Waals surface area contributed by atoms with Crippen LogP contribution in [0.4, 0.5) is 0 Å². The highest BCUT2D eigenvalue weighted by atomic mass is 16.5. The summed E-state index contributed by atoms with van der Waals surface area (Å²) in [6, 6.07) is 11.1. The number of aromatic carboxylic acids is 1. The molecule has 1 unspecified atom stereocenters. The third kappa shape index (κ3) is 3.76. The quantitative estimate of drug-likeness (QED) is 0.657. The number of pyridine rings is 1. The lowest BCUT2D eigenvalue weighted by atomic mass is 9.85. The summed E-state index contributed by atoms with van der Waals surface area (Å²) in [6.07, 6.45) is 2.38. The first-order valence-corrected chi connectivity index (χ1v) is 10.5. The number of hydrogen-bond acceptors (Lipinski definition) is 4. The van der Waals surface area contributed by atoms with Gasteiger partial charge in [-0.25, -0.2) is 4.79 Å². The predicted molar refractivity (Wildman–Crippen MR) is 119 cm³/mol. The van der Waals surface area contributed by atoms with E-state index in [-0.39, 0.29) is 17.0 Å². The van der Waals surface area contributed by atoms with E-state index in [4.69, 9.17) is 9.84 Å². The molecule has 0 saturated heterocycles. The summed E-state index contributed by atoms with van der Waals surface area (Å²) in [5, 5.41) is 14.3. The van der Waals surface area contributed by atoms with Gasteiger partial charge in [-0.15, -0.1) is 0 Å². The number of carboxylic acids is 1. The Labute approximate surface area is 180 Å². The fraction of sp³-hybridized carbons (Fsp3) is 0.375. The molecule has 7 heteroatoms. The number of carboxylic acid groups (broad SMARTS) is 1. The summed E-state index contributed by atoms with van der Waals surface area (Å²) < 4.78 is 9.74. The second-order valence-corrected chi connectivity index (χ2v) is 8.97. The van der Waals surface area contributed by atoms with Crippen molar-refractivity contribution in [1.82, 2.24) is 14.3 Å². The van der Waals surface area contributed by atoms with Crippen molar-refractivity contribution in [2.75, 3.05) is 6.61 Å². The lowest BCUT2D eigenvalue weighted by Crippen LogP contribution is -2.35. The highest BCUT2D eigenvalue weighted by molar-refractivity contribution is 5.87. The first kappa shape index (κ1) is 20.9. The summed E-state index contributed by atoms with van der Waals surface area (Å²) in [6.45, 7) is 9.55. The SMILES string of the molecule is CCCOc1ccccc1-c1cc2n(n1)CC(C(C)(C)C)n1cc(C(=O)O)c(=O)cc1-2. The van der Waals surface area contributed by atoms with E-state index in [1.807, 2.05) is 39.6 Å². The van der Waals surface area contributed by atoms with Gasteiger partial charge in [0.15, 0.2) is 5.43 Å². The number of rotatable bonds is 5. The minimum atomic E-state index is -1.21. The minimum absolute atomic E-state index is 0.0620. The molecule has 1 aliphatic rings. The number of fused-ring (bicyclic) bond motifs is 3. The second-order valence-electron chi connectivity index (χ2n) is 8.97. The van der Waals surface area contributed by atoms with E-state index < -0.39 is 11.4 Å². The summed E-state index contributed by atoms with van der Waals surface area (Å²) >= 11 is 0. The first-order chi connectivity index (χ1) is 14.7. The van der Waals surface area contributed by atoms with Crippen molar-refractivity contribution in [2.24, 2.45) is 5.41 Å². The lowest BCUT2D eigenvalue weighted by Gasteiger charge is -2.38. The maximum atomic E-state index is 12.5. The van der Waals surface area contributed by atoms with Gasteiger partial charge in [0.05, 0.1) is 36.3 Å². The molecule has 0 bridgehead atoms. The fourth-order valence-corrected chi connectivity index (χ4v) is 4.03. The van der Waals surface area contributed by atoms with Crippen molar-refractivity contribution in [3.05, 3.63) is 58.4 Å². The standard InChI is InChI=1S/C24H27N3O4/c1-5-10-31-21-9-7-6-8-15(21)17-11-19-18-12-20(28)16(23(29)30)13-26(18)22(24(2,3)4)14-27(19)25-17/h6-9,11-13,22H,5,10,14H2,1-4H3,(H,29,30). The molecular weight excluding hydrogens is 394 g/mol. The second kappa shape index (κ2) is 7.72. The molecule has 31 heavy (non-hydrogen) atoms.